The number of hydrogen-bond donors (Lipinski definition) is 1. The Bertz CT molecular complexity index is 788. The van der Waals surface area contributed by atoms with Gasteiger partial charge in [0.25, 0.3) is 0 Å². The smallest absolute Gasteiger partial charge is 0.0844 e. The molecule has 110 valence electrons. The molecule has 1 N–H and O–H groups in total. The van der Waals surface area contributed by atoms with Crippen LogP contribution in [0.1, 0.15) is 21.8 Å². The number of fused-ring (bicyclic) bond motifs is 1. The summed E-state index contributed by atoms with van der Waals surface area (Å²) < 4.78 is 3.33. The molecule has 0 fully saturated rings. The number of nitrogens with one attached hydrogen (secondary N) is 1. The van der Waals surface area contributed by atoms with E-state index in [0.29, 0.717) is 0 Å². The number of hydrogen-bond acceptors (Lipinski definition) is 3. The van der Waals surface area contributed by atoms with Gasteiger partial charge >= 0.3 is 0 Å². The van der Waals surface area contributed by atoms with Crippen molar-refractivity contribution < 1.29 is 0 Å². The number of benzene rings is 1. The summed E-state index contributed by atoms with van der Waals surface area (Å²) in [5, 5.41) is 9.90. The molecule has 0 atom stereocenters. The fourth-order valence-electron chi connectivity index (χ4n) is 2.60. The van der Waals surface area contributed by atoms with Crippen LogP contribution in [0.15, 0.2) is 24.3 Å². The summed E-state index contributed by atoms with van der Waals surface area (Å²) in [5.74, 6) is 0. The average molecular weight is 320 g/mol. The summed E-state index contributed by atoms with van der Waals surface area (Å²) in [4.78, 5) is 1.36. The van der Waals surface area contributed by atoms with Crippen molar-refractivity contribution in [3.63, 3.8) is 0 Å². The number of aromatic nitrogens is 2. The third-order valence-electron chi connectivity index (χ3n) is 3.72. The molecule has 21 heavy (non-hydrogen) atoms. The van der Waals surface area contributed by atoms with Crippen molar-refractivity contribution in [2.75, 3.05) is 7.05 Å². The Hall–Kier alpha value is -1.36. The molecule has 0 spiro atoms. The fraction of sp³-hybridized carbons (Fsp3) is 0.312. The molecule has 0 radical (unpaired) electrons. The molecule has 0 aliphatic heterocycles. The zero-order valence-corrected chi connectivity index (χ0v) is 14.0. The Balaban J connectivity index is 2.10. The molecule has 0 saturated heterocycles. The van der Waals surface area contributed by atoms with Gasteiger partial charge in [-0.25, -0.2) is 0 Å². The van der Waals surface area contributed by atoms with Gasteiger partial charge in [0.15, 0.2) is 0 Å². The summed E-state index contributed by atoms with van der Waals surface area (Å²) in [7, 11) is 1.98. The first-order chi connectivity index (χ1) is 10.1. The monoisotopic (exact) mass is 319 g/mol. The van der Waals surface area contributed by atoms with Gasteiger partial charge < -0.3 is 5.32 Å². The van der Waals surface area contributed by atoms with Gasteiger partial charge in [0, 0.05) is 16.1 Å². The lowest BCUT2D eigenvalue weighted by atomic mass is 10.1. The molecule has 0 bridgehead atoms. The van der Waals surface area contributed by atoms with Crippen LogP contribution >= 0.6 is 22.9 Å². The van der Waals surface area contributed by atoms with Gasteiger partial charge in [-0.15, -0.1) is 11.3 Å². The molecule has 2 aromatic heterocycles. The van der Waals surface area contributed by atoms with Crippen molar-refractivity contribution >= 4 is 33.0 Å². The maximum Gasteiger partial charge on any atom is 0.0844 e. The van der Waals surface area contributed by atoms with E-state index >= 15 is 0 Å². The van der Waals surface area contributed by atoms with Crippen LogP contribution < -0.4 is 5.32 Å². The summed E-state index contributed by atoms with van der Waals surface area (Å²) in [5.41, 5.74) is 3.26. The van der Waals surface area contributed by atoms with Gasteiger partial charge in [-0.05, 0) is 37.9 Å². The van der Waals surface area contributed by atoms with Crippen LogP contribution in [-0.2, 0) is 13.1 Å². The Morgan fingerprint density at radius 3 is 2.71 bits per heavy atom. The van der Waals surface area contributed by atoms with Crippen LogP contribution in [0.4, 0.5) is 0 Å². The second-order valence-corrected chi connectivity index (χ2v) is 6.69. The molecular weight excluding hydrogens is 302 g/mol. The third-order valence-corrected chi connectivity index (χ3v) is 5.48. The fourth-order valence-corrected chi connectivity index (χ4v) is 3.97. The van der Waals surface area contributed by atoms with Crippen molar-refractivity contribution in [1.29, 1.82) is 0 Å². The van der Waals surface area contributed by atoms with Crippen molar-refractivity contribution in [3.8, 4) is 0 Å². The van der Waals surface area contributed by atoms with Gasteiger partial charge in [-0.1, -0.05) is 29.8 Å². The van der Waals surface area contributed by atoms with Crippen molar-refractivity contribution in [3.05, 3.63) is 51.1 Å². The minimum atomic E-state index is 0.764. The standard InChI is InChI=1S/C16H18ClN3S/c1-10-16(17)11(2)20(19-10)9-13-12-6-4-5-7-14(12)21-15(13)8-18-3/h4-7,18H,8-9H2,1-3H3. The number of nitrogens with zero attached hydrogens (tertiary/aromatic N) is 2. The molecule has 0 aliphatic rings. The average Bonchev–Trinajstić information content (AvgIpc) is 2.94. The van der Waals surface area contributed by atoms with E-state index in [2.05, 4.69) is 34.7 Å². The lowest BCUT2D eigenvalue weighted by Crippen LogP contribution is -2.09. The number of rotatable bonds is 4. The van der Waals surface area contributed by atoms with Gasteiger partial charge in [0.2, 0.25) is 0 Å². The SMILES string of the molecule is CNCc1sc2ccccc2c1Cn1nc(C)c(Cl)c1C. The van der Waals surface area contributed by atoms with E-state index in [4.69, 9.17) is 11.6 Å². The van der Waals surface area contributed by atoms with E-state index < -0.39 is 0 Å². The summed E-state index contributed by atoms with van der Waals surface area (Å²) in [6.45, 7) is 5.61. The van der Waals surface area contributed by atoms with Gasteiger partial charge in [-0.2, -0.15) is 5.10 Å². The molecule has 1 aromatic carbocycles. The van der Waals surface area contributed by atoms with E-state index in [1.165, 1.54) is 20.5 Å². The third kappa shape index (κ3) is 2.59. The highest BCUT2D eigenvalue weighted by atomic mass is 35.5. The van der Waals surface area contributed by atoms with E-state index in [-0.39, 0.29) is 0 Å². The molecule has 0 unspecified atom stereocenters. The molecule has 0 aliphatic carbocycles. The molecule has 5 heteroatoms. The highest BCUT2D eigenvalue weighted by molar-refractivity contribution is 7.19. The lowest BCUT2D eigenvalue weighted by molar-refractivity contribution is 0.656. The molecule has 3 aromatic rings. The predicted octanol–water partition coefficient (Wildman–Crippen LogP) is 4.14. The van der Waals surface area contributed by atoms with Crippen LogP contribution in [0.25, 0.3) is 10.1 Å². The van der Waals surface area contributed by atoms with Crippen molar-refractivity contribution in [2.24, 2.45) is 0 Å². The second kappa shape index (κ2) is 5.79. The maximum absolute atomic E-state index is 6.26. The summed E-state index contributed by atoms with van der Waals surface area (Å²) in [6, 6.07) is 8.55. The molecule has 0 saturated carbocycles. The molecule has 3 rings (SSSR count). The van der Waals surface area contributed by atoms with Crippen LogP contribution in [0.3, 0.4) is 0 Å². The molecule has 2 heterocycles. The Kier molecular flexibility index (Phi) is 4.02. The van der Waals surface area contributed by atoms with E-state index in [0.717, 1.165) is 29.5 Å². The number of aryl methyl sites for hydroxylation is 1. The summed E-state index contributed by atoms with van der Waals surface area (Å²) >= 11 is 8.11. The van der Waals surface area contributed by atoms with Crippen LogP contribution in [0.2, 0.25) is 5.02 Å². The first-order valence-corrected chi connectivity index (χ1v) is 8.14. The van der Waals surface area contributed by atoms with Crippen LogP contribution in [0.5, 0.6) is 0 Å². The maximum atomic E-state index is 6.26. The minimum absolute atomic E-state index is 0.764. The van der Waals surface area contributed by atoms with Gasteiger partial charge in [0.05, 0.1) is 23.0 Å². The zero-order valence-electron chi connectivity index (χ0n) is 12.4. The quantitative estimate of drug-likeness (QED) is 0.783. The summed E-state index contributed by atoms with van der Waals surface area (Å²) in [6.07, 6.45) is 0. The molecular formula is C16H18ClN3S. The number of halogens is 1. The van der Waals surface area contributed by atoms with E-state index in [1.54, 1.807) is 0 Å². The molecule has 0 amide bonds. The number of thiophene rings is 1. The first-order valence-electron chi connectivity index (χ1n) is 6.95. The largest absolute Gasteiger partial charge is 0.315 e. The van der Waals surface area contributed by atoms with Crippen molar-refractivity contribution in [2.45, 2.75) is 26.9 Å². The van der Waals surface area contributed by atoms with E-state index in [9.17, 15) is 0 Å². The lowest BCUT2D eigenvalue weighted by Gasteiger charge is -2.07. The van der Waals surface area contributed by atoms with Gasteiger partial charge in [-0.3, -0.25) is 4.68 Å². The van der Waals surface area contributed by atoms with Crippen LogP contribution in [-0.4, -0.2) is 16.8 Å². The minimum Gasteiger partial charge on any atom is -0.315 e. The Morgan fingerprint density at radius 2 is 2.05 bits per heavy atom. The second-order valence-electron chi connectivity index (χ2n) is 5.17. The predicted molar refractivity (Wildman–Crippen MR) is 90.4 cm³/mol. The van der Waals surface area contributed by atoms with Gasteiger partial charge in [0.1, 0.15) is 0 Å². The van der Waals surface area contributed by atoms with Crippen molar-refractivity contribution in [1.82, 2.24) is 15.1 Å². The van der Waals surface area contributed by atoms with Crippen LogP contribution in [0, 0.1) is 13.8 Å². The highest BCUT2D eigenvalue weighted by Gasteiger charge is 2.15. The Morgan fingerprint density at radius 1 is 1.29 bits per heavy atom. The highest BCUT2D eigenvalue weighted by Crippen LogP contribution is 2.32. The zero-order chi connectivity index (χ0) is 15.0. The molecule has 3 nitrogen and oxygen atoms in total. The Labute approximate surface area is 133 Å². The normalized spacial score (nSPS) is 11.4. The topological polar surface area (TPSA) is 29.9 Å². The van der Waals surface area contributed by atoms with E-state index in [1.807, 2.05) is 36.9 Å². The first kappa shape index (κ1) is 14.6.